The van der Waals surface area contributed by atoms with Crippen LogP contribution in [0.5, 0.6) is 0 Å². The Kier molecular flexibility index (Phi) is 1.71. The predicted molar refractivity (Wildman–Crippen MR) is 32.5 cm³/mol. The second-order valence-corrected chi connectivity index (χ2v) is 2.60. The maximum Gasteiger partial charge on any atom is 0.246 e. The van der Waals surface area contributed by atoms with Crippen molar-refractivity contribution >= 4 is 5.91 Å². The summed E-state index contributed by atoms with van der Waals surface area (Å²) < 4.78 is 0. The van der Waals surface area contributed by atoms with Crippen LogP contribution in [0.1, 0.15) is 19.3 Å². The van der Waals surface area contributed by atoms with Crippen molar-refractivity contribution in [3.8, 4) is 0 Å². The first kappa shape index (κ1) is 6.55. The third-order valence-electron chi connectivity index (χ3n) is 1.58. The first-order chi connectivity index (χ1) is 4.20. The molecule has 3 N–H and O–H groups in total. The van der Waals surface area contributed by atoms with Gasteiger partial charge in [-0.1, -0.05) is 12.8 Å². The number of aliphatic hydroxyl groups excluding tert-OH is 1. The SMILES string of the molecule is NC(=O)C(O)CC1CC1. The van der Waals surface area contributed by atoms with Crippen molar-refractivity contribution in [1.82, 2.24) is 0 Å². The number of primary amides is 1. The molecule has 0 spiro atoms. The molecule has 1 rings (SSSR count). The second kappa shape index (κ2) is 2.35. The molecule has 1 unspecified atom stereocenters. The summed E-state index contributed by atoms with van der Waals surface area (Å²) in [6, 6.07) is 0. The monoisotopic (exact) mass is 129 g/mol. The molecular formula is C6H11NO2. The molecule has 0 aromatic heterocycles. The van der Waals surface area contributed by atoms with Gasteiger partial charge in [0.25, 0.3) is 0 Å². The van der Waals surface area contributed by atoms with Crippen molar-refractivity contribution in [2.45, 2.75) is 25.4 Å². The summed E-state index contributed by atoms with van der Waals surface area (Å²) in [6.07, 6.45) is 1.95. The minimum Gasteiger partial charge on any atom is -0.383 e. The van der Waals surface area contributed by atoms with Crippen LogP contribution >= 0.6 is 0 Å². The summed E-state index contributed by atoms with van der Waals surface area (Å²) in [5.41, 5.74) is 4.82. The van der Waals surface area contributed by atoms with Gasteiger partial charge in [0.05, 0.1) is 0 Å². The predicted octanol–water partition coefficient (Wildman–Crippen LogP) is -0.367. The molecule has 3 nitrogen and oxygen atoms in total. The number of carbonyl (C=O) groups is 1. The molecule has 0 heterocycles. The first-order valence-electron chi connectivity index (χ1n) is 3.17. The van der Waals surface area contributed by atoms with Gasteiger partial charge in [0.2, 0.25) is 5.91 Å². The number of hydrogen-bond donors (Lipinski definition) is 2. The van der Waals surface area contributed by atoms with Gasteiger partial charge in [-0.25, -0.2) is 0 Å². The molecule has 0 aliphatic heterocycles. The van der Waals surface area contributed by atoms with E-state index in [1.807, 2.05) is 0 Å². The lowest BCUT2D eigenvalue weighted by Gasteiger charge is -2.02. The Hall–Kier alpha value is -0.570. The fourth-order valence-electron chi connectivity index (χ4n) is 0.785. The minimum atomic E-state index is -0.905. The fraction of sp³-hybridized carbons (Fsp3) is 0.833. The Morgan fingerprint density at radius 3 is 2.67 bits per heavy atom. The van der Waals surface area contributed by atoms with Crippen molar-refractivity contribution in [1.29, 1.82) is 0 Å². The summed E-state index contributed by atoms with van der Waals surface area (Å²) in [5.74, 6) is -0.0330. The van der Waals surface area contributed by atoms with E-state index in [1.54, 1.807) is 0 Å². The van der Waals surface area contributed by atoms with Gasteiger partial charge < -0.3 is 10.8 Å². The molecule has 0 radical (unpaired) electrons. The van der Waals surface area contributed by atoms with Crippen LogP contribution < -0.4 is 5.73 Å². The molecule has 3 heteroatoms. The zero-order chi connectivity index (χ0) is 6.85. The Bertz CT molecular complexity index is 120. The molecule has 0 aromatic carbocycles. The smallest absolute Gasteiger partial charge is 0.246 e. The molecule has 1 aliphatic rings. The highest BCUT2D eigenvalue weighted by molar-refractivity contribution is 5.78. The van der Waals surface area contributed by atoms with Crippen LogP contribution in [0.15, 0.2) is 0 Å². The van der Waals surface area contributed by atoms with Crippen LogP contribution in [-0.2, 0) is 4.79 Å². The molecule has 0 saturated heterocycles. The normalized spacial score (nSPS) is 21.4. The van der Waals surface area contributed by atoms with E-state index in [0.717, 1.165) is 12.8 Å². The minimum absolute atomic E-state index is 0.562. The van der Waals surface area contributed by atoms with E-state index in [0.29, 0.717) is 12.3 Å². The van der Waals surface area contributed by atoms with Gasteiger partial charge in [-0.2, -0.15) is 0 Å². The van der Waals surface area contributed by atoms with Gasteiger partial charge in [0.15, 0.2) is 0 Å². The van der Waals surface area contributed by atoms with Gasteiger partial charge in [-0.3, -0.25) is 4.79 Å². The average Bonchev–Trinajstić information content (AvgIpc) is 2.50. The fourth-order valence-corrected chi connectivity index (χ4v) is 0.785. The summed E-state index contributed by atoms with van der Waals surface area (Å²) in [6.45, 7) is 0. The summed E-state index contributed by atoms with van der Waals surface area (Å²) >= 11 is 0. The number of rotatable bonds is 3. The van der Waals surface area contributed by atoms with Crippen molar-refractivity contribution in [2.75, 3.05) is 0 Å². The van der Waals surface area contributed by atoms with Crippen molar-refractivity contribution < 1.29 is 9.90 Å². The number of amides is 1. The zero-order valence-corrected chi connectivity index (χ0v) is 5.21. The van der Waals surface area contributed by atoms with Crippen LogP contribution in [0, 0.1) is 5.92 Å². The highest BCUT2D eigenvalue weighted by Crippen LogP contribution is 2.33. The zero-order valence-electron chi connectivity index (χ0n) is 5.21. The maximum absolute atomic E-state index is 10.2. The molecule has 0 bridgehead atoms. The summed E-state index contributed by atoms with van der Waals surface area (Å²) in [4.78, 5) is 10.2. The van der Waals surface area contributed by atoms with Gasteiger partial charge in [0, 0.05) is 0 Å². The molecule has 1 atom stereocenters. The highest BCUT2D eigenvalue weighted by Gasteiger charge is 2.26. The largest absolute Gasteiger partial charge is 0.383 e. The van der Waals surface area contributed by atoms with Crippen LogP contribution in [-0.4, -0.2) is 17.1 Å². The van der Waals surface area contributed by atoms with Crippen LogP contribution in [0.4, 0.5) is 0 Å². The molecule has 0 aromatic rings. The van der Waals surface area contributed by atoms with Crippen LogP contribution in [0.3, 0.4) is 0 Å². The molecule has 1 fully saturated rings. The first-order valence-corrected chi connectivity index (χ1v) is 3.17. The summed E-state index contributed by atoms with van der Waals surface area (Å²) in [5, 5.41) is 8.86. The van der Waals surface area contributed by atoms with Crippen LogP contribution in [0.2, 0.25) is 0 Å². The van der Waals surface area contributed by atoms with E-state index in [9.17, 15) is 4.79 Å². The molecule has 9 heavy (non-hydrogen) atoms. The lowest BCUT2D eigenvalue weighted by atomic mass is 10.2. The Balaban J connectivity index is 2.16. The number of hydrogen-bond acceptors (Lipinski definition) is 2. The molecule has 1 saturated carbocycles. The van der Waals surface area contributed by atoms with Gasteiger partial charge in [-0.05, 0) is 12.3 Å². The van der Waals surface area contributed by atoms with Crippen molar-refractivity contribution in [3.05, 3.63) is 0 Å². The van der Waals surface area contributed by atoms with E-state index in [2.05, 4.69) is 0 Å². The van der Waals surface area contributed by atoms with E-state index in [-0.39, 0.29) is 0 Å². The average molecular weight is 129 g/mol. The van der Waals surface area contributed by atoms with E-state index in [1.165, 1.54) is 0 Å². The number of aliphatic hydroxyl groups is 1. The second-order valence-electron chi connectivity index (χ2n) is 2.60. The van der Waals surface area contributed by atoms with Crippen molar-refractivity contribution in [2.24, 2.45) is 11.7 Å². The Morgan fingerprint density at radius 1 is 1.78 bits per heavy atom. The number of carbonyl (C=O) groups excluding carboxylic acids is 1. The third-order valence-corrected chi connectivity index (χ3v) is 1.58. The summed E-state index contributed by atoms with van der Waals surface area (Å²) in [7, 11) is 0. The Morgan fingerprint density at radius 2 is 2.33 bits per heavy atom. The van der Waals surface area contributed by atoms with Crippen LogP contribution in [0.25, 0.3) is 0 Å². The lowest BCUT2D eigenvalue weighted by Crippen LogP contribution is -2.28. The highest BCUT2D eigenvalue weighted by atomic mass is 16.3. The Labute approximate surface area is 53.9 Å². The molecular weight excluding hydrogens is 118 g/mol. The number of nitrogens with two attached hydrogens (primary N) is 1. The molecule has 1 amide bonds. The standard InChI is InChI=1S/C6H11NO2/c7-6(9)5(8)3-4-1-2-4/h4-5,8H,1-3H2,(H2,7,9). The molecule has 52 valence electrons. The van der Waals surface area contributed by atoms with E-state index in [4.69, 9.17) is 10.8 Å². The van der Waals surface area contributed by atoms with E-state index < -0.39 is 12.0 Å². The lowest BCUT2D eigenvalue weighted by molar-refractivity contribution is -0.126. The van der Waals surface area contributed by atoms with Gasteiger partial charge >= 0.3 is 0 Å². The van der Waals surface area contributed by atoms with Gasteiger partial charge in [-0.15, -0.1) is 0 Å². The van der Waals surface area contributed by atoms with E-state index >= 15 is 0 Å². The molecule has 1 aliphatic carbocycles. The van der Waals surface area contributed by atoms with Gasteiger partial charge in [0.1, 0.15) is 6.10 Å². The third kappa shape index (κ3) is 2.01. The quantitative estimate of drug-likeness (QED) is 0.546. The topological polar surface area (TPSA) is 63.3 Å². The maximum atomic E-state index is 10.2. The van der Waals surface area contributed by atoms with Crippen molar-refractivity contribution in [3.63, 3.8) is 0 Å².